The third-order valence-electron chi connectivity index (χ3n) is 5.17. The van der Waals surface area contributed by atoms with Gasteiger partial charge >= 0.3 is 0 Å². The monoisotopic (exact) mass is 365 g/mol. The molecule has 6 nitrogen and oxygen atoms in total. The van der Waals surface area contributed by atoms with Gasteiger partial charge < -0.3 is 5.32 Å². The molecule has 0 aliphatic carbocycles. The number of nitrogens with zero attached hydrogens (tertiary/aromatic N) is 4. The van der Waals surface area contributed by atoms with Crippen LogP contribution in [0.25, 0.3) is 5.69 Å². The molecule has 0 unspecified atom stereocenters. The average molecular weight is 365 g/mol. The van der Waals surface area contributed by atoms with Crippen molar-refractivity contribution in [2.24, 2.45) is 7.05 Å². The first-order valence-electron chi connectivity index (χ1n) is 9.24. The minimum atomic E-state index is 0.0453. The number of carbonyl (C=O) groups is 1. The summed E-state index contributed by atoms with van der Waals surface area (Å²) in [5.74, 6) is 0.0453. The van der Waals surface area contributed by atoms with Crippen molar-refractivity contribution in [2.45, 2.75) is 47.1 Å². The first-order chi connectivity index (χ1) is 12.9. The molecule has 0 aliphatic heterocycles. The molecule has 0 spiro atoms. The van der Waals surface area contributed by atoms with Crippen LogP contribution in [0.5, 0.6) is 0 Å². The van der Waals surface area contributed by atoms with Gasteiger partial charge in [-0.1, -0.05) is 18.2 Å². The first kappa shape index (κ1) is 18.9. The van der Waals surface area contributed by atoms with E-state index in [2.05, 4.69) is 15.5 Å². The molecular formula is C21H27N5O. The number of amides is 1. The maximum Gasteiger partial charge on any atom is 0.220 e. The van der Waals surface area contributed by atoms with Crippen molar-refractivity contribution in [2.75, 3.05) is 0 Å². The number of carbonyl (C=O) groups excluding carboxylic acids is 1. The predicted molar refractivity (Wildman–Crippen MR) is 106 cm³/mol. The van der Waals surface area contributed by atoms with Crippen LogP contribution >= 0.6 is 0 Å². The molecule has 6 heteroatoms. The van der Waals surface area contributed by atoms with Crippen molar-refractivity contribution in [1.29, 1.82) is 0 Å². The van der Waals surface area contributed by atoms with Crippen LogP contribution in [0, 0.1) is 27.7 Å². The van der Waals surface area contributed by atoms with Gasteiger partial charge in [0, 0.05) is 37.0 Å². The fourth-order valence-corrected chi connectivity index (χ4v) is 3.44. The van der Waals surface area contributed by atoms with Crippen LogP contribution in [0.3, 0.4) is 0 Å². The second-order valence-electron chi connectivity index (χ2n) is 6.95. The molecule has 0 fully saturated rings. The van der Waals surface area contributed by atoms with E-state index in [4.69, 9.17) is 0 Å². The van der Waals surface area contributed by atoms with Gasteiger partial charge in [-0.15, -0.1) is 0 Å². The van der Waals surface area contributed by atoms with Crippen LogP contribution in [0.4, 0.5) is 0 Å². The molecule has 1 N–H and O–H groups in total. The van der Waals surface area contributed by atoms with Crippen molar-refractivity contribution < 1.29 is 4.79 Å². The Kier molecular flexibility index (Phi) is 5.44. The third-order valence-corrected chi connectivity index (χ3v) is 5.17. The normalized spacial score (nSPS) is 11.0. The van der Waals surface area contributed by atoms with Gasteiger partial charge in [0.15, 0.2) is 0 Å². The molecule has 2 heterocycles. The molecule has 1 amide bonds. The van der Waals surface area contributed by atoms with Crippen molar-refractivity contribution in [3.63, 3.8) is 0 Å². The summed E-state index contributed by atoms with van der Waals surface area (Å²) in [6.07, 6.45) is 1.16. The Labute approximate surface area is 160 Å². The summed E-state index contributed by atoms with van der Waals surface area (Å²) in [5.41, 5.74) is 7.37. The molecule has 3 aromatic rings. The lowest BCUT2D eigenvalue weighted by Crippen LogP contribution is -2.23. The highest BCUT2D eigenvalue weighted by Crippen LogP contribution is 2.18. The summed E-state index contributed by atoms with van der Waals surface area (Å²) in [7, 11) is 1.93. The van der Waals surface area contributed by atoms with Crippen LogP contribution in [0.15, 0.2) is 30.3 Å². The summed E-state index contributed by atoms with van der Waals surface area (Å²) in [4.78, 5) is 12.4. The van der Waals surface area contributed by atoms with Gasteiger partial charge in [0.05, 0.1) is 17.1 Å². The van der Waals surface area contributed by atoms with E-state index in [0.717, 1.165) is 39.6 Å². The molecule has 0 saturated carbocycles. The zero-order valence-electron chi connectivity index (χ0n) is 16.7. The molecule has 1 aromatic carbocycles. The van der Waals surface area contributed by atoms with E-state index in [1.165, 1.54) is 0 Å². The smallest absolute Gasteiger partial charge is 0.220 e. The average Bonchev–Trinajstić information content (AvgIpc) is 3.07. The molecule has 0 atom stereocenters. The maximum absolute atomic E-state index is 12.4. The number of rotatable bonds is 6. The zero-order chi connectivity index (χ0) is 19.6. The van der Waals surface area contributed by atoms with Crippen LogP contribution in [0.1, 0.15) is 40.3 Å². The molecule has 27 heavy (non-hydrogen) atoms. The van der Waals surface area contributed by atoms with Crippen molar-refractivity contribution >= 4 is 5.91 Å². The minimum Gasteiger partial charge on any atom is -0.352 e. The second kappa shape index (κ2) is 7.78. The van der Waals surface area contributed by atoms with Gasteiger partial charge in [0.2, 0.25) is 5.91 Å². The lowest BCUT2D eigenvalue weighted by molar-refractivity contribution is -0.121. The minimum absolute atomic E-state index is 0.0453. The highest BCUT2D eigenvalue weighted by atomic mass is 16.1. The standard InChI is InChI=1S/C21H27N5O/c1-14-19(16(3)25(5)23-14)11-12-21(27)22-13-20-15(2)24-26(17(20)4)18-9-7-6-8-10-18/h6-10H,11-13H2,1-5H3,(H,22,27). The van der Waals surface area contributed by atoms with E-state index in [9.17, 15) is 4.79 Å². The number of aromatic nitrogens is 4. The van der Waals surface area contributed by atoms with Gasteiger partial charge in [-0.2, -0.15) is 10.2 Å². The Morgan fingerprint density at radius 2 is 1.63 bits per heavy atom. The number of hydrogen-bond acceptors (Lipinski definition) is 3. The number of aryl methyl sites for hydroxylation is 3. The second-order valence-corrected chi connectivity index (χ2v) is 6.95. The third kappa shape index (κ3) is 3.94. The SMILES string of the molecule is Cc1nn(C)c(C)c1CCC(=O)NCc1c(C)nn(-c2ccccc2)c1C. The summed E-state index contributed by atoms with van der Waals surface area (Å²) in [6, 6.07) is 10.0. The van der Waals surface area contributed by atoms with Crippen LogP contribution in [0.2, 0.25) is 0 Å². The van der Waals surface area contributed by atoms with E-state index in [1.807, 2.05) is 74.4 Å². The van der Waals surface area contributed by atoms with Crippen molar-refractivity contribution in [1.82, 2.24) is 24.9 Å². The van der Waals surface area contributed by atoms with E-state index in [-0.39, 0.29) is 5.91 Å². The Morgan fingerprint density at radius 1 is 0.963 bits per heavy atom. The molecular weight excluding hydrogens is 338 g/mol. The molecule has 0 aliphatic rings. The number of hydrogen-bond donors (Lipinski definition) is 1. The van der Waals surface area contributed by atoms with E-state index in [1.54, 1.807) is 0 Å². The maximum atomic E-state index is 12.4. The molecule has 142 valence electrons. The van der Waals surface area contributed by atoms with Gasteiger partial charge in [-0.05, 0) is 51.8 Å². The van der Waals surface area contributed by atoms with E-state index in [0.29, 0.717) is 19.4 Å². The molecule has 0 saturated heterocycles. The number of para-hydroxylation sites is 1. The number of nitrogens with one attached hydrogen (secondary N) is 1. The summed E-state index contributed by atoms with van der Waals surface area (Å²) >= 11 is 0. The summed E-state index contributed by atoms with van der Waals surface area (Å²) < 4.78 is 3.80. The van der Waals surface area contributed by atoms with Crippen LogP contribution in [-0.2, 0) is 24.8 Å². The fourth-order valence-electron chi connectivity index (χ4n) is 3.44. The molecule has 0 bridgehead atoms. The van der Waals surface area contributed by atoms with E-state index < -0.39 is 0 Å². The fraction of sp³-hybridized carbons (Fsp3) is 0.381. The van der Waals surface area contributed by atoms with Crippen molar-refractivity contribution in [3.8, 4) is 5.69 Å². The molecule has 0 radical (unpaired) electrons. The summed E-state index contributed by atoms with van der Waals surface area (Å²) in [6.45, 7) is 8.55. The highest BCUT2D eigenvalue weighted by Gasteiger charge is 2.15. The highest BCUT2D eigenvalue weighted by molar-refractivity contribution is 5.76. The lowest BCUT2D eigenvalue weighted by atomic mass is 10.1. The Balaban J connectivity index is 1.63. The quantitative estimate of drug-likeness (QED) is 0.730. The van der Waals surface area contributed by atoms with Crippen LogP contribution in [-0.4, -0.2) is 25.5 Å². The van der Waals surface area contributed by atoms with Gasteiger partial charge in [0.25, 0.3) is 0 Å². The van der Waals surface area contributed by atoms with Gasteiger partial charge in [0.1, 0.15) is 0 Å². The first-order valence-corrected chi connectivity index (χ1v) is 9.24. The Bertz CT molecular complexity index is 953. The largest absolute Gasteiger partial charge is 0.352 e. The predicted octanol–water partition coefficient (Wildman–Crippen LogP) is 3.09. The molecule has 3 rings (SSSR count). The lowest BCUT2D eigenvalue weighted by Gasteiger charge is -2.07. The summed E-state index contributed by atoms with van der Waals surface area (Å²) in [5, 5.41) is 12.1. The number of benzene rings is 1. The van der Waals surface area contributed by atoms with Gasteiger partial charge in [-0.3, -0.25) is 9.48 Å². The Hall–Kier alpha value is -2.89. The topological polar surface area (TPSA) is 64.7 Å². The van der Waals surface area contributed by atoms with Crippen LogP contribution < -0.4 is 5.32 Å². The Morgan fingerprint density at radius 3 is 2.26 bits per heavy atom. The van der Waals surface area contributed by atoms with Crippen molar-refractivity contribution in [3.05, 3.63) is 64.2 Å². The van der Waals surface area contributed by atoms with Gasteiger partial charge in [-0.25, -0.2) is 4.68 Å². The molecule has 2 aromatic heterocycles. The van der Waals surface area contributed by atoms with E-state index >= 15 is 0 Å². The zero-order valence-corrected chi connectivity index (χ0v) is 16.7.